The summed E-state index contributed by atoms with van der Waals surface area (Å²) in [6.45, 7) is 7.16. The quantitative estimate of drug-likeness (QED) is 0.429. The van der Waals surface area contributed by atoms with E-state index in [1.807, 2.05) is 44.2 Å². The van der Waals surface area contributed by atoms with Crippen molar-refractivity contribution < 1.29 is 14.6 Å². The molecular formula is C28H27N3O5. The molecule has 0 aliphatic carbocycles. The third-order valence-electron chi connectivity index (χ3n) is 6.98. The molecule has 0 saturated carbocycles. The Morgan fingerprint density at radius 3 is 2.42 bits per heavy atom. The Bertz CT molecular complexity index is 1720. The lowest BCUT2D eigenvalue weighted by Crippen LogP contribution is -2.42. The average Bonchev–Trinajstić information content (AvgIpc) is 3.16. The van der Waals surface area contributed by atoms with Gasteiger partial charge in [-0.1, -0.05) is 36.4 Å². The van der Waals surface area contributed by atoms with Crippen LogP contribution in [0.2, 0.25) is 0 Å². The molecule has 1 aromatic heterocycles. The van der Waals surface area contributed by atoms with Crippen LogP contribution in [0.15, 0.2) is 52.1 Å². The predicted octanol–water partition coefficient (Wildman–Crippen LogP) is 3.54. The zero-order valence-corrected chi connectivity index (χ0v) is 20.8. The molecule has 0 saturated heterocycles. The fraction of sp³-hybridized carbons (Fsp3) is 0.250. The highest BCUT2D eigenvalue weighted by atomic mass is 16.5. The van der Waals surface area contributed by atoms with Crippen LogP contribution in [0.25, 0.3) is 16.5 Å². The zero-order valence-electron chi connectivity index (χ0n) is 20.8. The van der Waals surface area contributed by atoms with Crippen LogP contribution in [0.5, 0.6) is 11.5 Å². The van der Waals surface area contributed by atoms with Crippen molar-refractivity contribution in [2.24, 2.45) is 7.05 Å². The van der Waals surface area contributed by atoms with E-state index >= 15 is 0 Å². The SMILES string of the molecule is Cc1c(O)c(C)c(C(=O)c2c(N)n(-c3cccc4ccccc34)c(=O)n(C)c2=O)c2c1CC(C)(C)O2. The first-order valence-electron chi connectivity index (χ1n) is 11.6. The van der Waals surface area contributed by atoms with E-state index in [4.69, 9.17) is 10.5 Å². The molecule has 0 spiro atoms. The van der Waals surface area contributed by atoms with Gasteiger partial charge in [0.15, 0.2) is 0 Å². The lowest BCUT2D eigenvalue weighted by molar-refractivity contribution is 0.102. The summed E-state index contributed by atoms with van der Waals surface area (Å²) in [6.07, 6.45) is 0.491. The molecule has 2 heterocycles. The van der Waals surface area contributed by atoms with Crippen molar-refractivity contribution in [3.63, 3.8) is 0 Å². The minimum Gasteiger partial charge on any atom is -0.507 e. The van der Waals surface area contributed by atoms with Crippen LogP contribution < -0.4 is 21.7 Å². The van der Waals surface area contributed by atoms with E-state index in [0.29, 0.717) is 34.5 Å². The number of aromatic nitrogens is 2. The standard InChI is InChI=1S/C28H27N3O5/c1-14-18-13-28(3,4)36-24(18)20(15(2)22(14)32)23(33)21-25(29)31(27(35)30(5)26(21)34)19-12-8-10-16-9-6-7-11-17(16)19/h6-12,32H,13,29H2,1-5H3. The van der Waals surface area contributed by atoms with Gasteiger partial charge in [-0.3, -0.25) is 14.2 Å². The minimum atomic E-state index is -0.815. The van der Waals surface area contributed by atoms with Gasteiger partial charge >= 0.3 is 5.69 Å². The van der Waals surface area contributed by atoms with Crippen LogP contribution in [0, 0.1) is 13.8 Å². The molecule has 5 rings (SSSR count). The molecule has 8 heteroatoms. The number of hydrogen-bond donors (Lipinski definition) is 2. The fourth-order valence-corrected chi connectivity index (χ4v) is 5.07. The summed E-state index contributed by atoms with van der Waals surface area (Å²) in [7, 11) is 1.31. The molecular weight excluding hydrogens is 458 g/mol. The van der Waals surface area contributed by atoms with Gasteiger partial charge in [0.05, 0.1) is 11.3 Å². The number of nitrogen functional groups attached to an aromatic ring is 1. The molecule has 0 unspecified atom stereocenters. The van der Waals surface area contributed by atoms with E-state index < -0.39 is 22.6 Å². The maximum atomic E-state index is 14.1. The first-order chi connectivity index (χ1) is 16.9. The third-order valence-corrected chi connectivity index (χ3v) is 6.98. The number of anilines is 1. The molecule has 1 aliphatic rings. The lowest BCUT2D eigenvalue weighted by Gasteiger charge is -2.20. The zero-order chi connectivity index (χ0) is 26.1. The van der Waals surface area contributed by atoms with Crippen LogP contribution in [-0.4, -0.2) is 25.6 Å². The number of ketones is 1. The van der Waals surface area contributed by atoms with Crippen LogP contribution in [0.3, 0.4) is 0 Å². The van der Waals surface area contributed by atoms with E-state index in [1.54, 1.807) is 26.0 Å². The van der Waals surface area contributed by atoms with Crippen molar-refractivity contribution in [1.82, 2.24) is 9.13 Å². The summed E-state index contributed by atoms with van der Waals surface area (Å²) >= 11 is 0. The van der Waals surface area contributed by atoms with Crippen molar-refractivity contribution in [2.45, 2.75) is 39.7 Å². The molecule has 0 bridgehead atoms. The van der Waals surface area contributed by atoms with Gasteiger partial charge < -0.3 is 15.6 Å². The first-order valence-corrected chi connectivity index (χ1v) is 11.6. The second kappa shape index (κ2) is 7.84. The van der Waals surface area contributed by atoms with E-state index in [2.05, 4.69) is 0 Å². The molecule has 3 N–H and O–H groups in total. The van der Waals surface area contributed by atoms with E-state index in [9.17, 15) is 19.5 Å². The van der Waals surface area contributed by atoms with Gasteiger partial charge in [-0.2, -0.15) is 0 Å². The molecule has 0 radical (unpaired) electrons. The summed E-state index contributed by atoms with van der Waals surface area (Å²) in [5.41, 5.74) is 6.18. The van der Waals surface area contributed by atoms with E-state index in [1.165, 1.54) is 11.6 Å². The Labute approximate surface area is 207 Å². The van der Waals surface area contributed by atoms with Crippen molar-refractivity contribution in [1.29, 1.82) is 0 Å². The van der Waals surface area contributed by atoms with Crippen molar-refractivity contribution in [3.05, 3.63) is 91.1 Å². The normalized spacial score (nSPS) is 14.0. The van der Waals surface area contributed by atoms with Gasteiger partial charge in [0.2, 0.25) is 5.78 Å². The molecule has 1 aliphatic heterocycles. The number of carbonyl (C=O) groups excluding carboxylic acids is 1. The van der Waals surface area contributed by atoms with Crippen molar-refractivity contribution in [3.8, 4) is 17.2 Å². The first kappa shape index (κ1) is 23.4. The number of carbonyl (C=O) groups is 1. The minimum absolute atomic E-state index is 0.0313. The third kappa shape index (κ3) is 3.25. The number of fused-ring (bicyclic) bond motifs is 2. The van der Waals surface area contributed by atoms with Crippen molar-refractivity contribution in [2.75, 3.05) is 5.73 Å². The van der Waals surface area contributed by atoms with Gasteiger partial charge in [0, 0.05) is 30.0 Å². The maximum Gasteiger partial charge on any atom is 0.336 e. The number of phenols is 1. The monoisotopic (exact) mass is 485 g/mol. The van der Waals surface area contributed by atoms with Gasteiger partial charge in [0.1, 0.15) is 28.5 Å². The molecule has 0 fully saturated rings. The van der Waals surface area contributed by atoms with Crippen LogP contribution in [0.1, 0.15) is 46.5 Å². The molecule has 8 nitrogen and oxygen atoms in total. The largest absolute Gasteiger partial charge is 0.507 e. The van der Waals surface area contributed by atoms with Gasteiger partial charge in [-0.05, 0) is 44.7 Å². The summed E-state index contributed by atoms with van der Waals surface area (Å²) in [5, 5.41) is 12.4. The van der Waals surface area contributed by atoms with Gasteiger partial charge in [-0.15, -0.1) is 0 Å². The summed E-state index contributed by atoms with van der Waals surface area (Å²) in [5.74, 6) is -0.669. The second-order valence-electron chi connectivity index (χ2n) is 9.89. The number of aromatic hydroxyl groups is 1. The molecule has 3 aromatic carbocycles. The number of nitrogens with zero attached hydrogens (tertiary/aromatic N) is 2. The Morgan fingerprint density at radius 1 is 1.03 bits per heavy atom. The highest BCUT2D eigenvalue weighted by molar-refractivity contribution is 6.15. The number of phenolic OH excluding ortho intramolecular Hbond substituents is 1. The van der Waals surface area contributed by atoms with Crippen LogP contribution in [0.4, 0.5) is 5.82 Å². The number of benzene rings is 3. The molecule has 4 aromatic rings. The summed E-state index contributed by atoms with van der Waals surface area (Å²) < 4.78 is 8.20. The van der Waals surface area contributed by atoms with Crippen LogP contribution >= 0.6 is 0 Å². The maximum absolute atomic E-state index is 14.1. The summed E-state index contributed by atoms with van der Waals surface area (Å²) in [4.78, 5) is 40.6. The van der Waals surface area contributed by atoms with E-state index in [-0.39, 0.29) is 22.7 Å². The van der Waals surface area contributed by atoms with Gasteiger partial charge in [0.25, 0.3) is 5.56 Å². The number of hydrogen-bond acceptors (Lipinski definition) is 6. The smallest absolute Gasteiger partial charge is 0.336 e. The lowest BCUT2D eigenvalue weighted by atomic mass is 9.90. The Morgan fingerprint density at radius 2 is 1.69 bits per heavy atom. The Kier molecular flexibility index (Phi) is 5.10. The topological polar surface area (TPSA) is 117 Å². The highest BCUT2D eigenvalue weighted by Crippen LogP contribution is 2.46. The highest BCUT2D eigenvalue weighted by Gasteiger charge is 2.38. The molecule has 0 atom stereocenters. The molecule has 0 amide bonds. The van der Waals surface area contributed by atoms with Crippen molar-refractivity contribution >= 4 is 22.4 Å². The number of ether oxygens (including phenoxy) is 1. The summed E-state index contributed by atoms with van der Waals surface area (Å²) in [6, 6.07) is 12.8. The average molecular weight is 486 g/mol. The van der Waals surface area contributed by atoms with Gasteiger partial charge in [-0.25, -0.2) is 9.36 Å². The Balaban J connectivity index is 1.83. The fourth-order valence-electron chi connectivity index (χ4n) is 5.07. The van der Waals surface area contributed by atoms with Crippen LogP contribution in [-0.2, 0) is 13.5 Å². The number of nitrogens with two attached hydrogens (primary N) is 1. The second-order valence-corrected chi connectivity index (χ2v) is 9.89. The Hall–Kier alpha value is -4.33. The molecule has 184 valence electrons. The number of rotatable bonds is 3. The van der Waals surface area contributed by atoms with E-state index in [0.717, 1.165) is 15.3 Å². The predicted molar refractivity (Wildman–Crippen MR) is 139 cm³/mol. The molecule has 36 heavy (non-hydrogen) atoms.